The number of rotatable bonds is 3. The third-order valence-electron chi connectivity index (χ3n) is 2.30. The lowest BCUT2D eigenvalue weighted by Crippen LogP contribution is -2.14. The fourth-order valence-electron chi connectivity index (χ4n) is 1.62. The molecule has 1 aliphatic rings. The summed E-state index contributed by atoms with van der Waals surface area (Å²) in [7, 11) is 3.12. The van der Waals surface area contributed by atoms with E-state index in [0.29, 0.717) is 30.2 Å². The summed E-state index contributed by atoms with van der Waals surface area (Å²) >= 11 is 0. The van der Waals surface area contributed by atoms with Crippen molar-refractivity contribution >= 4 is 12.1 Å². The quantitative estimate of drug-likeness (QED) is 0.700. The van der Waals surface area contributed by atoms with E-state index in [4.69, 9.17) is 14.3 Å². The van der Waals surface area contributed by atoms with Crippen LogP contribution in [0.5, 0.6) is 11.5 Å². The minimum absolute atomic E-state index is 0.314. The van der Waals surface area contributed by atoms with Gasteiger partial charge in [-0.25, -0.2) is 0 Å². The van der Waals surface area contributed by atoms with Crippen LogP contribution in [0.1, 0.15) is 5.56 Å². The molecule has 0 aromatic heterocycles. The van der Waals surface area contributed by atoms with Gasteiger partial charge in [0.15, 0.2) is 11.5 Å². The minimum Gasteiger partial charge on any atom is -0.493 e. The Hall–Kier alpha value is -1.75. The average Bonchev–Trinajstić information content (AvgIpc) is 2.70. The average molecular weight is 209 g/mol. The van der Waals surface area contributed by atoms with Crippen molar-refractivity contribution in [2.45, 2.75) is 6.61 Å². The van der Waals surface area contributed by atoms with E-state index < -0.39 is 0 Å². The Balaban J connectivity index is 2.53. The predicted molar refractivity (Wildman–Crippen MR) is 52.9 cm³/mol. The van der Waals surface area contributed by atoms with Crippen molar-refractivity contribution in [3.8, 4) is 11.5 Å². The first-order chi connectivity index (χ1) is 7.31. The van der Waals surface area contributed by atoms with Gasteiger partial charge in [-0.2, -0.15) is 5.06 Å². The molecule has 5 heteroatoms. The molecule has 0 N–H and O–H groups in total. The number of carbonyl (C=O) groups is 1. The Bertz CT molecular complexity index is 391. The van der Waals surface area contributed by atoms with Gasteiger partial charge in [0.2, 0.25) is 6.41 Å². The lowest BCUT2D eigenvalue weighted by Gasteiger charge is -2.11. The van der Waals surface area contributed by atoms with Gasteiger partial charge >= 0.3 is 0 Å². The molecule has 0 aliphatic carbocycles. The number of methoxy groups -OCH3 is 2. The van der Waals surface area contributed by atoms with Gasteiger partial charge in [0.05, 0.1) is 25.5 Å². The monoisotopic (exact) mass is 209 g/mol. The van der Waals surface area contributed by atoms with Crippen molar-refractivity contribution in [2.75, 3.05) is 19.3 Å². The third kappa shape index (κ3) is 1.41. The van der Waals surface area contributed by atoms with E-state index in [2.05, 4.69) is 0 Å². The highest BCUT2D eigenvalue weighted by molar-refractivity contribution is 5.78. The molecule has 1 aromatic rings. The predicted octanol–water partition coefficient (Wildman–Crippen LogP) is 1.11. The van der Waals surface area contributed by atoms with E-state index in [-0.39, 0.29) is 0 Å². The molecular formula is C10H11NO4. The van der Waals surface area contributed by atoms with E-state index in [0.717, 1.165) is 5.56 Å². The van der Waals surface area contributed by atoms with Crippen LogP contribution in [0.15, 0.2) is 12.1 Å². The summed E-state index contributed by atoms with van der Waals surface area (Å²) in [5, 5.41) is 1.18. The molecule has 80 valence electrons. The summed E-state index contributed by atoms with van der Waals surface area (Å²) in [6.45, 7) is 0.314. The highest BCUT2D eigenvalue weighted by Gasteiger charge is 2.25. The number of ether oxygens (including phenoxy) is 2. The van der Waals surface area contributed by atoms with Crippen LogP contribution in [0.2, 0.25) is 0 Å². The molecule has 0 atom stereocenters. The highest BCUT2D eigenvalue weighted by Crippen LogP contribution is 2.41. The molecule has 5 nitrogen and oxygen atoms in total. The lowest BCUT2D eigenvalue weighted by molar-refractivity contribution is -0.113. The molecule has 0 saturated heterocycles. The van der Waals surface area contributed by atoms with E-state index in [1.54, 1.807) is 26.4 Å². The van der Waals surface area contributed by atoms with Crippen LogP contribution < -0.4 is 14.5 Å². The van der Waals surface area contributed by atoms with Crippen molar-refractivity contribution < 1.29 is 19.1 Å². The zero-order valence-electron chi connectivity index (χ0n) is 8.52. The van der Waals surface area contributed by atoms with Gasteiger partial charge in [-0.1, -0.05) is 0 Å². The first kappa shape index (κ1) is 9.79. The van der Waals surface area contributed by atoms with Gasteiger partial charge in [-0.15, -0.1) is 0 Å². The standard InChI is InChI=1S/C10H11NO4/c1-13-9-4-3-8-7(10(9)14-2)5-15-11(8)6-12/h3-4,6H,5H2,1-2H3. The molecule has 0 radical (unpaired) electrons. The molecular weight excluding hydrogens is 198 g/mol. The van der Waals surface area contributed by atoms with E-state index in [9.17, 15) is 4.79 Å². The molecule has 0 spiro atoms. The normalized spacial score (nSPS) is 13.6. The second kappa shape index (κ2) is 3.78. The van der Waals surface area contributed by atoms with E-state index in [1.165, 1.54) is 5.06 Å². The zero-order valence-corrected chi connectivity index (χ0v) is 8.52. The SMILES string of the molecule is COc1ccc2c(c1OC)CON2C=O. The van der Waals surface area contributed by atoms with Crippen molar-refractivity contribution in [2.24, 2.45) is 0 Å². The molecule has 1 amide bonds. The number of anilines is 1. The van der Waals surface area contributed by atoms with E-state index >= 15 is 0 Å². The second-order valence-corrected chi connectivity index (χ2v) is 3.00. The Morgan fingerprint density at radius 3 is 2.80 bits per heavy atom. The molecule has 1 aromatic carbocycles. The maximum atomic E-state index is 10.7. The smallest absolute Gasteiger partial charge is 0.238 e. The molecule has 0 saturated carbocycles. The molecule has 1 aliphatic heterocycles. The van der Waals surface area contributed by atoms with Gasteiger partial charge in [0, 0.05) is 0 Å². The van der Waals surface area contributed by atoms with Crippen LogP contribution in [0.25, 0.3) is 0 Å². The number of benzene rings is 1. The van der Waals surface area contributed by atoms with Gasteiger partial charge in [-0.3, -0.25) is 9.63 Å². The van der Waals surface area contributed by atoms with Crippen LogP contribution in [0.3, 0.4) is 0 Å². The molecule has 2 rings (SSSR count). The van der Waals surface area contributed by atoms with Gasteiger partial charge in [-0.05, 0) is 12.1 Å². The molecule has 0 unspecified atom stereocenters. The molecule has 1 heterocycles. The van der Waals surface area contributed by atoms with Crippen molar-refractivity contribution in [1.82, 2.24) is 0 Å². The number of amides is 1. The van der Waals surface area contributed by atoms with Crippen LogP contribution in [-0.2, 0) is 16.2 Å². The van der Waals surface area contributed by atoms with Gasteiger partial charge < -0.3 is 9.47 Å². The van der Waals surface area contributed by atoms with Gasteiger partial charge in [0.1, 0.15) is 6.61 Å². The Morgan fingerprint density at radius 2 is 2.20 bits per heavy atom. The van der Waals surface area contributed by atoms with Crippen molar-refractivity contribution in [1.29, 1.82) is 0 Å². The summed E-state index contributed by atoms with van der Waals surface area (Å²) in [6, 6.07) is 3.50. The largest absolute Gasteiger partial charge is 0.493 e. The number of hydrogen-bond donors (Lipinski definition) is 0. The summed E-state index contributed by atoms with van der Waals surface area (Å²) in [4.78, 5) is 15.8. The zero-order chi connectivity index (χ0) is 10.8. The first-order valence-electron chi connectivity index (χ1n) is 4.43. The van der Waals surface area contributed by atoms with Crippen LogP contribution >= 0.6 is 0 Å². The fourth-order valence-corrected chi connectivity index (χ4v) is 1.62. The summed E-state index contributed by atoms with van der Waals surface area (Å²) in [6.07, 6.45) is 0.623. The van der Waals surface area contributed by atoms with Crippen LogP contribution in [0, 0.1) is 0 Å². The van der Waals surface area contributed by atoms with Crippen molar-refractivity contribution in [3.05, 3.63) is 17.7 Å². The topological polar surface area (TPSA) is 48.0 Å². The third-order valence-corrected chi connectivity index (χ3v) is 2.30. The molecule has 0 bridgehead atoms. The number of hydroxylamine groups is 1. The minimum atomic E-state index is 0.314. The maximum Gasteiger partial charge on any atom is 0.238 e. The Labute approximate surface area is 87.1 Å². The first-order valence-corrected chi connectivity index (χ1v) is 4.43. The van der Waals surface area contributed by atoms with Crippen LogP contribution in [-0.4, -0.2) is 20.6 Å². The number of hydrogen-bond acceptors (Lipinski definition) is 4. The number of fused-ring (bicyclic) bond motifs is 1. The summed E-state index contributed by atoms with van der Waals surface area (Å²) in [5.74, 6) is 1.24. The van der Waals surface area contributed by atoms with Gasteiger partial charge in [0.25, 0.3) is 0 Å². The number of carbonyl (C=O) groups excluding carboxylic acids is 1. The Morgan fingerprint density at radius 1 is 1.40 bits per heavy atom. The highest BCUT2D eigenvalue weighted by atomic mass is 16.7. The maximum absolute atomic E-state index is 10.7. The molecule has 0 fully saturated rings. The number of nitrogens with zero attached hydrogens (tertiary/aromatic N) is 1. The fraction of sp³-hybridized carbons (Fsp3) is 0.300. The summed E-state index contributed by atoms with van der Waals surface area (Å²) in [5.41, 5.74) is 1.52. The second-order valence-electron chi connectivity index (χ2n) is 3.00. The Kier molecular flexibility index (Phi) is 2.47. The molecule has 15 heavy (non-hydrogen) atoms. The summed E-state index contributed by atoms with van der Waals surface area (Å²) < 4.78 is 10.4. The van der Waals surface area contributed by atoms with E-state index in [1.807, 2.05) is 0 Å². The van der Waals surface area contributed by atoms with Crippen LogP contribution in [0.4, 0.5) is 5.69 Å². The lowest BCUT2D eigenvalue weighted by atomic mass is 10.1. The van der Waals surface area contributed by atoms with Crippen molar-refractivity contribution in [3.63, 3.8) is 0 Å².